The summed E-state index contributed by atoms with van der Waals surface area (Å²) in [5.74, 6) is -1.12. The zero-order chi connectivity index (χ0) is 13.1. The zero-order valence-corrected chi connectivity index (χ0v) is 10.1. The van der Waals surface area contributed by atoms with Gasteiger partial charge in [0.1, 0.15) is 0 Å². The minimum atomic E-state index is -0.579. The lowest BCUT2D eigenvalue weighted by atomic mass is 10.1. The molecule has 0 fully saturated rings. The van der Waals surface area contributed by atoms with Crippen LogP contribution in [0.15, 0.2) is 37.0 Å². The lowest BCUT2D eigenvalue weighted by Crippen LogP contribution is -2.04. The van der Waals surface area contributed by atoms with E-state index in [1.165, 1.54) is 7.11 Å². The van der Waals surface area contributed by atoms with Gasteiger partial charge in [-0.2, -0.15) is 0 Å². The maximum Gasteiger partial charge on any atom is 0.331 e. The molecule has 0 aliphatic heterocycles. The Morgan fingerprint density at radius 3 is 2.41 bits per heavy atom. The molecule has 0 spiro atoms. The number of carbonyl (C=O) groups excluding carboxylic acids is 2. The maximum atomic E-state index is 11.1. The molecule has 0 radical (unpaired) electrons. The molecule has 0 aromatic rings. The molecule has 0 atom stereocenters. The Kier molecular flexibility index (Phi) is 8.37. The molecule has 0 aliphatic carbocycles. The van der Waals surface area contributed by atoms with Crippen LogP contribution in [0.2, 0.25) is 0 Å². The predicted molar refractivity (Wildman–Crippen MR) is 65.3 cm³/mol. The molecule has 4 nitrogen and oxygen atoms in total. The van der Waals surface area contributed by atoms with Crippen LogP contribution in [0.3, 0.4) is 0 Å². The SMILES string of the molecule is C=CC(=C)CCCCOC(=O)/C=C/C(=O)OC. The summed E-state index contributed by atoms with van der Waals surface area (Å²) in [6.45, 7) is 7.70. The number of esters is 2. The summed E-state index contributed by atoms with van der Waals surface area (Å²) in [5, 5.41) is 0. The van der Waals surface area contributed by atoms with E-state index in [4.69, 9.17) is 4.74 Å². The first-order valence-corrected chi connectivity index (χ1v) is 5.33. The Labute approximate surface area is 102 Å². The number of allylic oxidation sites excluding steroid dienone is 2. The number of hydrogen-bond donors (Lipinski definition) is 0. The third-order valence-electron chi connectivity index (χ3n) is 1.98. The van der Waals surface area contributed by atoms with E-state index in [1.54, 1.807) is 6.08 Å². The molecule has 4 heteroatoms. The third-order valence-corrected chi connectivity index (χ3v) is 1.98. The molecule has 0 aromatic heterocycles. The Bertz CT molecular complexity index is 315. The molecule has 0 heterocycles. The van der Waals surface area contributed by atoms with Gasteiger partial charge in [0, 0.05) is 12.2 Å². The van der Waals surface area contributed by atoms with Gasteiger partial charge in [0.15, 0.2) is 0 Å². The topological polar surface area (TPSA) is 52.6 Å². The van der Waals surface area contributed by atoms with Crippen LogP contribution in [0.25, 0.3) is 0 Å². The largest absolute Gasteiger partial charge is 0.466 e. The molecule has 94 valence electrons. The van der Waals surface area contributed by atoms with Gasteiger partial charge in [-0.25, -0.2) is 9.59 Å². The zero-order valence-electron chi connectivity index (χ0n) is 10.1. The van der Waals surface area contributed by atoms with E-state index in [0.717, 1.165) is 37.0 Å². The van der Waals surface area contributed by atoms with Crippen molar-refractivity contribution in [3.8, 4) is 0 Å². The molecule has 0 N–H and O–H groups in total. The van der Waals surface area contributed by atoms with E-state index < -0.39 is 11.9 Å². The van der Waals surface area contributed by atoms with Crippen molar-refractivity contribution < 1.29 is 19.1 Å². The molecule has 17 heavy (non-hydrogen) atoms. The average Bonchev–Trinajstić information content (AvgIpc) is 2.34. The van der Waals surface area contributed by atoms with Crippen molar-refractivity contribution in [1.29, 1.82) is 0 Å². The van der Waals surface area contributed by atoms with Crippen molar-refractivity contribution in [1.82, 2.24) is 0 Å². The van der Waals surface area contributed by atoms with Crippen molar-refractivity contribution in [2.24, 2.45) is 0 Å². The van der Waals surface area contributed by atoms with Crippen LogP contribution in [0.1, 0.15) is 19.3 Å². The van der Waals surface area contributed by atoms with Crippen molar-refractivity contribution in [2.45, 2.75) is 19.3 Å². The second-order valence-electron chi connectivity index (χ2n) is 3.34. The lowest BCUT2D eigenvalue weighted by molar-refractivity contribution is -0.139. The maximum absolute atomic E-state index is 11.1. The van der Waals surface area contributed by atoms with Gasteiger partial charge in [-0.3, -0.25) is 0 Å². The van der Waals surface area contributed by atoms with Crippen molar-refractivity contribution in [3.05, 3.63) is 37.0 Å². The predicted octanol–water partition coefficient (Wildman–Crippen LogP) is 2.17. The van der Waals surface area contributed by atoms with E-state index in [9.17, 15) is 9.59 Å². The van der Waals surface area contributed by atoms with Gasteiger partial charge < -0.3 is 9.47 Å². The fourth-order valence-electron chi connectivity index (χ4n) is 0.981. The van der Waals surface area contributed by atoms with E-state index in [1.807, 2.05) is 0 Å². The fraction of sp³-hybridized carbons (Fsp3) is 0.385. The van der Waals surface area contributed by atoms with Gasteiger partial charge in [0.05, 0.1) is 13.7 Å². The summed E-state index contributed by atoms with van der Waals surface area (Å²) >= 11 is 0. The first-order chi connectivity index (χ1) is 8.10. The Balaban J connectivity index is 3.58. The van der Waals surface area contributed by atoms with Crippen LogP contribution in [-0.2, 0) is 19.1 Å². The molecule has 0 bridgehead atoms. The van der Waals surface area contributed by atoms with Crippen molar-refractivity contribution >= 4 is 11.9 Å². The van der Waals surface area contributed by atoms with E-state index >= 15 is 0 Å². The van der Waals surface area contributed by atoms with Crippen molar-refractivity contribution in [3.63, 3.8) is 0 Å². The van der Waals surface area contributed by atoms with Crippen LogP contribution in [0.4, 0.5) is 0 Å². The highest BCUT2D eigenvalue weighted by molar-refractivity contribution is 5.91. The van der Waals surface area contributed by atoms with Gasteiger partial charge in [-0.15, -0.1) is 0 Å². The number of hydrogen-bond acceptors (Lipinski definition) is 4. The normalized spacial score (nSPS) is 9.94. The lowest BCUT2D eigenvalue weighted by Gasteiger charge is -2.02. The molecule has 0 unspecified atom stereocenters. The highest BCUT2D eigenvalue weighted by atomic mass is 16.5. The minimum absolute atomic E-state index is 0.328. The smallest absolute Gasteiger partial charge is 0.331 e. The Hall–Kier alpha value is -1.84. The molecule has 0 amide bonds. The molecular weight excluding hydrogens is 220 g/mol. The van der Waals surface area contributed by atoms with Gasteiger partial charge >= 0.3 is 11.9 Å². The summed E-state index contributed by atoms with van der Waals surface area (Å²) in [4.78, 5) is 21.7. The number of methoxy groups -OCH3 is 1. The molecular formula is C13H18O4. The molecule has 0 aromatic carbocycles. The molecule has 0 saturated carbocycles. The summed E-state index contributed by atoms with van der Waals surface area (Å²) < 4.78 is 9.19. The van der Waals surface area contributed by atoms with Crippen LogP contribution in [0.5, 0.6) is 0 Å². The monoisotopic (exact) mass is 238 g/mol. The van der Waals surface area contributed by atoms with Crippen LogP contribution >= 0.6 is 0 Å². The number of carbonyl (C=O) groups is 2. The first kappa shape index (κ1) is 15.2. The highest BCUT2D eigenvalue weighted by Gasteiger charge is 1.99. The van der Waals surface area contributed by atoms with Gasteiger partial charge in [-0.05, 0) is 19.3 Å². The summed E-state index contributed by atoms with van der Waals surface area (Å²) in [5.41, 5.74) is 0.974. The van der Waals surface area contributed by atoms with Crippen molar-refractivity contribution in [2.75, 3.05) is 13.7 Å². The standard InChI is InChI=1S/C13H18O4/c1-4-11(2)7-5-6-10-17-13(15)9-8-12(14)16-3/h4,8-9H,1-2,5-7,10H2,3H3/b9-8+. The first-order valence-electron chi connectivity index (χ1n) is 5.33. The van der Waals surface area contributed by atoms with Crippen LogP contribution < -0.4 is 0 Å². The minimum Gasteiger partial charge on any atom is -0.466 e. The van der Waals surface area contributed by atoms with Crippen LogP contribution in [-0.4, -0.2) is 25.7 Å². The quantitative estimate of drug-likeness (QED) is 0.281. The summed E-state index contributed by atoms with van der Waals surface area (Å²) in [6, 6.07) is 0. The summed E-state index contributed by atoms with van der Waals surface area (Å²) in [6.07, 6.45) is 6.28. The number of ether oxygens (including phenoxy) is 2. The number of unbranched alkanes of at least 4 members (excludes halogenated alkanes) is 1. The molecule has 0 aliphatic rings. The summed E-state index contributed by atoms with van der Waals surface area (Å²) in [7, 11) is 1.24. The second kappa shape index (κ2) is 9.39. The Morgan fingerprint density at radius 1 is 1.18 bits per heavy atom. The van der Waals surface area contributed by atoms with Gasteiger partial charge in [0.25, 0.3) is 0 Å². The molecule has 0 saturated heterocycles. The van der Waals surface area contributed by atoms with Gasteiger partial charge in [0.2, 0.25) is 0 Å². The highest BCUT2D eigenvalue weighted by Crippen LogP contribution is 2.05. The molecule has 0 rings (SSSR count). The fourth-order valence-corrected chi connectivity index (χ4v) is 0.981. The van der Waals surface area contributed by atoms with E-state index in [2.05, 4.69) is 17.9 Å². The van der Waals surface area contributed by atoms with Gasteiger partial charge in [-0.1, -0.05) is 24.8 Å². The third kappa shape index (κ3) is 9.11. The van der Waals surface area contributed by atoms with E-state index in [-0.39, 0.29) is 0 Å². The average molecular weight is 238 g/mol. The van der Waals surface area contributed by atoms with Crippen LogP contribution in [0, 0.1) is 0 Å². The Morgan fingerprint density at radius 2 is 1.82 bits per heavy atom. The number of rotatable bonds is 8. The van der Waals surface area contributed by atoms with E-state index in [0.29, 0.717) is 6.61 Å². The second-order valence-corrected chi connectivity index (χ2v) is 3.34.